The van der Waals surface area contributed by atoms with E-state index < -0.39 is 41.5 Å². The second kappa shape index (κ2) is 5.52. The van der Waals surface area contributed by atoms with E-state index >= 15 is 0 Å². The zero-order valence-electron chi connectivity index (χ0n) is 8.33. The average Bonchev–Trinajstić information content (AvgIpc) is 2.24. The van der Waals surface area contributed by atoms with Gasteiger partial charge in [-0.15, -0.1) is 12.4 Å². The van der Waals surface area contributed by atoms with Gasteiger partial charge in [0.05, 0.1) is 5.56 Å². The molecule has 0 saturated heterocycles. The van der Waals surface area contributed by atoms with Crippen LogP contribution in [0.1, 0.15) is 11.6 Å². The lowest BCUT2D eigenvalue weighted by atomic mass is 10.00. The Hall–Kier alpha value is -1.05. The number of phenols is 1. The van der Waals surface area contributed by atoms with Gasteiger partial charge >= 0.3 is 0 Å². The van der Waals surface area contributed by atoms with Crippen LogP contribution in [0.5, 0.6) is 5.75 Å². The highest BCUT2D eigenvalue weighted by Gasteiger charge is 2.40. The fraction of sp³-hybridized carbons (Fsp3) is 0.333. The summed E-state index contributed by atoms with van der Waals surface area (Å²) in [7, 11) is 0. The summed E-state index contributed by atoms with van der Waals surface area (Å²) in [4.78, 5) is 0. The summed E-state index contributed by atoms with van der Waals surface area (Å²) >= 11 is 0. The Balaban J connectivity index is 0.00000256. The van der Waals surface area contributed by atoms with E-state index in [1.54, 1.807) is 0 Å². The van der Waals surface area contributed by atoms with Crippen molar-refractivity contribution in [3.8, 4) is 5.75 Å². The molecule has 1 atom stereocenters. The van der Waals surface area contributed by atoms with Crippen molar-refractivity contribution in [2.75, 3.05) is 6.61 Å². The minimum absolute atomic E-state index is 0. The van der Waals surface area contributed by atoms with Gasteiger partial charge in [-0.05, 0) is 12.1 Å². The fourth-order valence-corrected chi connectivity index (χ4v) is 1.16. The normalized spacial score (nSPS) is 13.1. The van der Waals surface area contributed by atoms with Crippen LogP contribution in [0.15, 0.2) is 12.1 Å². The smallest absolute Gasteiger partial charge is 0.289 e. The van der Waals surface area contributed by atoms with E-state index in [1.807, 2.05) is 0 Å². The van der Waals surface area contributed by atoms with E-state index in [-0.39, 0.29) is 12.4 Å². The van der Waals surface area contributed by atoms with Crippen molar-refractivity contribution in [1.29, 1.82) is 0 Å². The number of aromatic hydroxyl groups is 1. The first kappa shape index (κ1) is 16.0. The van der Waals surface area contributed by atoms with E-state index in [4.69, 9.17) is 15.9 Å². The topological polar surface area (TPSA) is 66.5 Å². The molecule has 0 bridgehead atoms. The van der Waals surface area contributed by atoms with Crippen molar-refractivity contribution < 1.29 is 27.8 Å². The Morgan fingerprint density at radius 1 is 1.24 bits per heavy atom. The van der Waals surface area contributed by atoms with Crippen molar-refractivity contribution in [2.45, 2.75) is 12.0 Å². The second-order valence-electron chi connectivity index (χ2n) is 3.19. The van der Waals surface area contributed by atoms with Gasteiger partial charge in [0.25, 0.3) is 5.92 Å². The number of rotatable bonds is 3. The largest absolute Gasteiger partial charge is 0.505 e. The molecule has 0 heterocycles. The quantitative estimate of drug-likeness (QED) is 0.736. The van der Waals surface area contributed by atoms with Crippen molar-refractivity contribution in [2.24, 2.45) is 5.73 Å². The molecule has 0 spiro atoms. The van der Waals surface area contributed by atoms with Gasteiger partial charge in [-0.3, -0.25) is 0 Å². The molecular weight excluding hydrogens is 266 g/mol. The Morgan fingerprint density at radius 3 is 2.18 bits per heavy atom. The van der Waals surface area contributed by atoms with E-state index in [9.17, 15) is 17.6 Å². The van der Waals surface area contributed by atoms with E-state index in [0.29, 0.717) is 12.1 Å². The molecule has 17 heavy (non-hydrogen) atoms. The molecule has 0 aliphatic carbocycles. The molecule has 1 aromatic rings. The Morgan fingerprint density at radius 2 is 1.71 bits per heavy atom. The van der Waals surface area contributed by atoms with E-state index in [0.717, 1.165) is 0 Å². The van der Waals surface area contributed by atoms with Crippen LogP contribution in [-0.2, 0) is 0 Å². The number of aliphatic hydroxyl groups excluding tert-OH is 1. The molecule has 0 aromatic heterocycles. The molecule has 4 N–H and O–H groups in total. The van der Waals surface area contributed by atoms with Crippen molar-refractivity contribution in [3.05, 3.63) is 29.3 Å². The molecule has 8 heteroatoms. The zero-order chi connectivity index (χ0) is 12.5. The predicted molar refractivity (Wildman–Crippen MR) is 54.2 cm³/mol. The monoisotopic (exact) mass is 275 g/mol. The first-order chi connectivity index (χ1) is 7.31. The lowest BCUT2D eigenvalue weighted by molar-refractivity contribution is -0.0723. The molecule has 0 aliphatic heterocycles. The van der Waals surface area contributed by atoms with Gasteiger partial charge in [0, 0.05) is 0 Å². The zero-order valence-corrected chi connectivity index (χ0v) is 9.15. The lowest BCUT2D eigenvalue weighted by Gasteiger charge is -2.22. The molecule has 0 radical (unpaired) electrons. The van der Waals surface area contributed by atoms with Gasteiger partial charge in [0.1, 0.15) is 18.5 Å². The first-order valence-electron chi connectivity index (χ1n) is 4.22. The Kier molecular flexibility index (Phi) is 5.18. The Bertz CT molecular complexity index is 403. The molecule has 1 aromatic carbocycles. The molecule has 98 valence electrons. The van der Waals surface area contributed by atoms with Gasteiger partial charge < -0.3 is 15.9 Å². The van der Waals surface area contributed by atoms with E-state index in [1.165, 1.54) is 0 Å². The van der Waals surface area contributed by atoms with Crippen LogP contribution in [0.4, 0.5) is 17.6 Å². The molecule has 3 nitrogen and oxygen atoms in total. The summed E-state index contributed by atoms with van der Waals surface area (Å²) in [6.07, 6.45) is 0. The number of halogens is 5. The molecule has 0 unspecified atom stereocenters. The summed E-state index contributed by atoms with van der Waals surface area (Å²) in [5.74, 6) is -7.66. The van der Waals surface area contributed by atoms with E-state index in [2.05, 4.69) is 0 Å². The van der Waals surface area contributed by atoms with Crippen LogP contribution < -0.4 is 5.73 Å². The van der Waals surface area contributed by atoms with Gasteiger partial charge in [-0.2, -0.15) is 0 Å². The summed E-state index contributed by atoms with van der Waals surface area (Å²) in [5.41, 5.74) is 3.92. The van der Waals surface area contributed by atoms with Crippen LogP contribution in [0.3, 0.4) is 0 Å². The maximum atomic E-state index is 13.1. The summed E-state index contributed by atoms with van der Waals surface area (Å²) < 4.78 is 51.9. The van der Waals surface area contributed by atoms with Gasteiger partial charge in [0.2, 0.25) is 0 Å². The van der Waals surface area contributed by atoms with Crippen LogP contribution in [0.25, 0.3) is 0 Å². The molecule has 0 aliphatic rings. The third-order valence-electron chi connectivity index (χ3n) is 2.09. The first-order valence-corrected chi connectivity index (χ1v) is 4.22. The minimum atomic E-state index is -3.86. The van der Waals surface area contributed by atoms with Crippen molar-refractivity contribution in [3.63, 3.8) is 0 Å². The maximum Gasteiger partial charge on any atom is 0.289 e. The molecule has 0 saturated carbocycles. The molecule has 0 amide bonds. The van der Waals surface area contributed by atoms with Crippen LogP contribution >= 0.6 is 12.4 Å². The average molecular weight is 276 g/mol. The number of benzene rings is 1. The van der Waals surface area contributed by atoms with Crippen molar-refractivity contribution in [1.82, 2.24) is 0 Å². The van der Waals surface area contributed by atoms with Gasteiger partial charge in [0.15, 0.2) is 11.6 Å². The fourth-order valence-electron chi connectivity index (χ4n) is 1.16. The summed E-state index contributed by atoms with van der Waals surface area (Å²) in [5, 5.41) is 17.4. The summed E-state index contributed by atoms with van der Waals surface area (Å²) in [6, 6.07) is -1.18. The molecular formula is C9H10ClF4NO2. The highest BCUT2D eigenvalue weighted by Crippen LogP contribution is 2.36. The standard InChI is InChI=1S/C9H9F4NO2.ClH/c10-4-1-2-5(11)7(16)6(4)8(14)9(12,13)3-15;/h1-2,8,15-16H,3,14H2;1H/t8-;/m1./s1. The molecule has 0 fully saturated rings. The summed E-state index contributed by atoms with van der Waals surface area (Å²) in [6.45, 7) is -1.64. The van der Waals surface area contributed by atoms with Gasteiger partial charge in [-0.25, -0.2) is 17.6 Å². The number of aliphatic hydroxyl groups is 1. The van der Waals surface area contributed by atoms with Crippen LogP contribution in [-0.4, -0.2) is 22.7 Å². The number of alkyl halides is 2. The molecule has 1 rings (SSSR count). The SMILES string of the molecule is Cl.N[C@H](c1c(F)ccc(F)c1O)C(F)(F)CO. The number of phenolic OH excluding ortho intramolecular Hbond substituents is 1. The predicted octanol–water partition coefficient (Wildman–Crippen LogP) is 1.72. The highest BCUT2D eigenvalue weighted by atomic mass is 35.5. The highest BCUT2D eigenvalue weighted by molar-refractivity contribution is 5.85. The lowest BCUT2D eigenvalue weighted by Crippen LogP contribution is -2.37. The maximum absolute atomic E-state index is 13.1. The minimum Gasteiger partial charge on any atom is -0.505 e. The van der Waals surface area contributed by atoms with Crippen LogP contribution in [0, 0.1) is 11.6 Å². The Labute approximate surface area is 100 Å². The third kappa shape index (κ3) is 2.99. The second-order valence-corrected chi connectivity index (χ2v) is 3.19. The number of nitrogens with two attached hydrogens (primary N) is 1. The van der Waals surface area contributed by atoms with Crippen LogP contribution in [0.2, 0.25) is 0 Å². The number of hydrogen-bond acceptors (Lipinski definition) is 3. The third-order valence-corrected chi connectivity index (χ3v) is 2.09. The number of hydrogen-bond donors (Lipinski definition) is 3. The van der Waals surface area contributed by atoms with Crippen molar-refractivity contribution >= 4 is 12.4 Å². The van der Waals surface area contributed by atoms with Gasteiger partial charge in [-0.1, -0.05) is 0 Å².